The Morgan fingerprint density at radius 2 is 1.90 bits per heavy atom. The zero-order valence-electron chi connectivity index (χ0n) is 16.9. The Morgan fingerprint density at radius 3 is 2.50 bits per heavy atom. The fourth-order valence-electron chi connectivity index (χ4n) is 5.25. The van der Waals surface area contributed by atoms with E-state index in [0.29, 0.717) is 55.6 Å². The summed E-state index contributed by atoms with van der Waals surface area (Å²) in [7, 11) is 1.36. The first-order valence-electron chi connectivity index (χ1n) is 10.4. The molecular weight excluding hydrogens is 404 g/mol. The lowest BCUT2D eigenvalue weighted by atomic mass is 9.92. The zero-order valence-corrected chi connectivity index (χ0v) is 16.9. The van der Waals surface area contributed by atoms with Crippen LogP contribution in [0.3, 0.4) is 0 Å². The summed E-state index contributed by atoms with van der Waals surface area (Å²) >= 11 is 0. The number of rotatable bonds is 4. The lowest BCUT2D eigenvalue weighted by Crippen LogP contribution is -2.64. The van der Waals surface area contributed by atoms with Crippen LogP contribution in [0.4, 0.5) is 29.3 Å². The molecule has 3 heterocycles. The molecule has 164 valence electrons. The monoisotopic (exact) mass is 428 g/mol. The summed E-state index contributed by atoms with van der Waals surface area (Å²) in [5.74, 6) is -4.96. The third kappa shape index (κ3) is 2.93. The van der Waals surface area contributed by atoms with Crippen molar-refractivity contribution >= 4 is 17.7 Å². The van der Waals surface area contributed by atoms with E-state index in [9.17, 15) is 22.4 Å². The number of nitrogens with zero attached hydrogens (tertiary/aromatic N) is 4. The van der Waals surface area contributed by atoms with E-state index in [0.717, 1.165) is 0 Å². The number of hydrogen-bond acceptors (Lipinski definition) is 6. The average molecular weight is 428 g/mol. The normalized spacial score (nSPS) is 32.9. The maximum atomic E-state index is 14.7. The number of fused-ring (bicyclic) bond motifs is 2. The number of piperidine rings is 1. The highest BCUT2D eigenvalue weighted by Gasteiger charge is 2.58. The number of hydrogen-bond donors (Lipinski definition) is 0. The minimum absolute atomic E-state index is 0.0459. The highest BCUT2D eigenvalue weighted by atomic mass is 19.3. The molecule has 10 heteroatoms. The van der Waals surface area contributed by atoms with E-state index in [4.69, 9.17) is 4.74 Å². The van der Waals surface area contributed by atoms with Gasteiger partial charge in [-0.3, -0.25) is 4.79 Å². The summed E-state index contributed by atoms with van der Waals surface area (Å²) in [6, 6.07) is -1.13. The molecule has 0 spiro atoms. The van der Waals surface area contributed by atoms with Crippen LogP contribution in [0.25, 0.3) is 0 Å². The molecule has 0 aromatic carbocycles. The standard InChI is InChI=1S/C20H24F4N4O2/c1-10-20(23,24)9-28(10)18-25-16-11(4-3-5-19(16,21)22)17(26-18)27-7-13-12(14(13)8-27)6-15(29)30-2/h10,12-14H,3-9H2,1-2H3. The van der Waals surface area contributed by atoms with Crippen molar-refractivity contribution in [1.29, 1.82) is 0 Å². The number of halogens is 4. The van der Waals surface area contributed by atoms with E-state index in [1.54, 1.807) is 0 Å². The molecule has 0 bridgehead atoms. The van der Waals surface area contributed by atoms with E-state index < -0.39 is 24.4 Å². The SMILES string of the molecule is COC(=O)CC1C2CN(c3nc(N4CC(F)(F)C4C)nc4c3CCCC4(F)F)CC12. The molecule has 6 nitrogen and oxygen atoms in total. The Morgan fingerprint density at radius 1 is 1.20 bits per heavy atom. The molecule has 0 amide bonds. The van der Waals surface area contributed by atoms with Gasteiger partial charge in [-0.2, -0.15) is 13.8 Å². The Bertz CT molecular complexity index is 884. The molecule has 1 aromatic heterocycles. The average Bonchev–Trinajstić information content (AvgIpc) is 3.13. The highest BCUT2D eigenvalue weighted by Crippen LogP contribution is 2.55. The fourth-order valence-corrected chi connectivity index (χ4v) is 5.25. The van der Waals surface area contributed by atoms with Gasteiger partial charge in [0.15, 0.2) is 0 Å². The third-order valence-corrected chi connectivity index (χ3v) is 7.26. The molecule has 3 unspecified atom stereocenters. The predicted molar refractivity (Wildman–Crippen MR) is 99.9 cm³/mol. The summed E-state index contributed by atoms with van der Waals surface area (Å²) in [5, 5.41) is 0. The van der Waals surface area contributed by atoms with Crippen molar-refractivity contribution in [2.24, 2.45) is 17.8 Å². The van der Waals surface area contributed by atoms with Crippen molar-refractivity contribution in [3.8, 4) is 0 Å². The van der Waals surface area contributed by atoms with E-state index in [1.807, 2.05) is 4.90 Å². The highest BCUT2D eigenvalue weighted by molar-refractivity contribution is 5.70. The van der Waals surface area contributed by atoms with Crippen molar-refractivity contribution in [2.75, 3.05) is 36.5 Å². The van der Waals surface area contributed by atoms with Gasteiger partial charge < -0.3 is 14.5 Å². The van der Waals surface area contributed by atoms with E-state index in [-0.39, 0.29) is 30.0 Å². The minimum atomic E-state index is -3.09. The molecular formula is C20H24F4N4O2. The Kier molecular flexibility index (Phi) is 4.25. The van der Waals surface area contributed by atoms with Gasteiger partial charge in [0.25, 0.3) is 11.8 Å². The lowest BCUT2D eigenvalue weighted by Gasteiger charge is -2.46. The molecule has 3 fully saturated rings. The first-order valence-corrected chi connectivity index (χ1v) is 10.4. The smallest absolute Gasteiger partial charge is 0.305 e. The minimum Gasteiger partial charge on any atom is -0.469 e. The molecule has 1 aromatic rings. The number of esters is 1. The van der Waals surface area contributed by atoms with Crippen LogP contribution in [-0.4, -0.2) is 54.6 Å². The van der Waals surface area contributed by atoms with Gasteiger partial charge in [0, 0.05) is 31.5 Å². The maximum absolute atomic E-state index is 14.7. The van der Waals surface area contributed by atoms with Gasteiger partial charge in [-0.1, -0.05) is 0 Å². The van der Waals surface area contributed by atoms with Gasteiger partial charge >= 0.3 is 5.97 Å². The molecule has 2 saturated heterocycles. The summed E-state index contributed by atoms with van der Waals surface area (Å²) in [5.41, 5.74) is 0.114. The van der Waals surface area contributed by atoms with Crippen LogP contribution < -0.4 is 9.80 Å². The van der Waals surface area contributed by atoms with E-state index >= 15 is 0 Å². The molecule has 1 saturated carbocycles. The first-order chi connectivity index (χ1) is 14.1. The number of alkyl halides is 4. The Labute approximate surface area is 171 Å². The van der Waals surface area contributed by atoms with Gasteiger partial charge in [-0.15, -0.1) is 0 Å². The summed E-state index contributed by atoms with van der Waals surface area (Å²) < 4.78 is 61.5. The second-order valence-corrected chi connectivity index (χ2v) is 8.97. The van der Waals surface area contributed by atoms with Crippen molar-refractivity contribution in [3.63, 3.8) is 0 Å². The summed E-state index contributed by atoms with van der Waals surface area (Å²) in [4.78, 5) is 23.4. The van der Waals surface area contributed by atoms with E-state index in [2.05, 4.69) is 9.97 Å². The Balaban J connectivity index is 1.44. The third-order valence-electron chi connectivity index (χ3n) is 7.26. The second-order valence-electron chi connectivity index (χ2n) is 8.97. The Hall–Kier alpha value is -2.13. The quantitative estimate of drug-likeness (QED) is 0.543. The number of aromatic nitrogens is 2. The van der Waals surface area contributed by atoms with Crippen molar-refractivity contribution in [1.82, 2.24) is 9.97 Å². The van der Waals surface area contributed by atoms with Crippen LogP contribution in [0.1, 0.15) is 37.4 Å². The van der Waals surface area contributed by atoms with Crippen molar-refractivity contribution in [2.45, 2.75) is 50.5 Å². The maximum Gasteiger partial charge on any atom is 0.305 e. The van der Waals surface area contributed by atoms with E-state index in [1.165, 1.54) is 18.9 Å². The molecule has 0 N–H and O–H groups in total. The van der Waals surface area contributed by atoms with Crippen LogP contribution >= 0.6 is 0 Å². The van der Waals surface area contributed by atoms with Crippen LogP contribution in [0.2, 0.25) is 0 Å². The van der Waals surface area contributed by atoms with Gasteiger partial charge in [-0.25, -0.2) is 13.8 Å². The number of anilines is 2. The molecule has 2 aliphatic heterocycles. The van der Waals surface area contributed by atoms with Crippen LogP contribution in [0.5, 0.6) is 0 Å². The van der Waals surface area contributed by atoms with Gasteiger partial charge in [0.05, 0.1) is 19.7 Å². The summed E-state index contributed by atoms with van der Waals surface area (Å²) in [6.07, 6.45) is 0.850. The largest absolute Gasteiger partial charge is 0.469 e. The van der Waals surface area contributed by atoms with Crippen LogP contribution in [0.15, 0.2) is 0 Å². The van der Waals surface area contributed by atoms with Crippen molar-refractivity contribution < 1.29 is 27.1 Å². The molecule has 3 atom stereocenters. The second kappa shape index (κ2) is 6.43. The summed E-state index contributed by atoms with van der Waals surface area (Å²) in [6.45, 7) is 2.02. The number of carbonyl (C=O) groups is 1. The van der Waals surface area contributed by atoms with Crippen molar-refractivity contribution in [3.05, 3.63) is 11.3 Å². The van der Waals surface area contributed by atoms with Gasteiger partial charge in [0.1, 0.15) is 11.5 Å². The lowest BCUT2D eigenvalue weighted by molar-refractivity contribution is -0.141. The van der Waals surface area contributed by atoms with Gasteiger partial charge in [-0.05, 0) is 37.5 Å². The molecule has 2 aliphatic carbocycles. The predicted octanol–water partition coefficient (Wildman–Crippen LogP) is 2.99. The fraction of sp³-hybridized carbons (Fsp3) is 0.750. The molecule has 5 rings (SSSR count). The van der Waals surface area contributed by atoms with Crippen LogP contribution in [-0.2, 0) is 21.9 Å². The topological polar surface area (TPSA) is 58.6 Å². The molecule has 30 heavy (non-hydrogen) atoms. The number of ether oxygens (including phenoxy) is 1. The van der Waals surface area contributed by atoms with Gasteiger partial charge in [0.2, 0.25) is 5.95 Å². The van der Waals surface area contributed by atoms with Crippen LogP contribution in [0, 0.1) is 17.8 Å². The number of carbonyl (C=O) groups excluding carboxylic acids is 1. The number of methoxy groups -OCH3 is 1. The molecule has 4 aliphatic rings. The molecule has 0 radical (unpaired) electrons. The zero-order chi connectivity index (χ0) is 21.4. The first kappa shape index (κ1) is 19.8.